The molecule has 2 aromatic carbocycles. The van der Waals surface area contributed by atoms with Crippen LogP contribution in [0.5, 0.6) is 11.5 Å². The Morgan fingerprint density at radius 1 is 0.935 bits per heavy atom. The minimum absolute atomic E-state index is 0.237. The van der Waals surface area contributed by atoms with Gasteiger partial charge < -0.3 is 19.0 Å². The van der Waals surface area contributed by atoms with Crippen LogP contribution in [0.25, 0.3) is 0 Å². The van der Waals surface area contributed by atoms with E-state index in [4.69, 9.17) is 13.9 Å². The molecule has 1 N–H and O–H groups in total. The number of nitrogens with zero attached hydrogens (tertiary/aromatic N) is 1. The number of furan rings is 1. The Labute approximate surface area is 185 Å². The Morgan fingerprint density at radius 3 is 2.32 bits per heavy atom. The van der Waals surface area contributed by atoms with Crippen LogP contribution in [0.3, 0.4) is 0 Å². The second kappa shape index (κ2) is 11.6. The summed E-state index contributed by atoms with van der Waals surface area (Å²) in [6, 6.07) is 18.0. The number of hydrogen-bond donors (Lipinski definition) is 1. The number of aliphatic hydroxyl groups excluding tert-OH is 1. The standard InChI is InChI=1S/C26H33NO4/c1-4-11-29-24-9-7-22(8-10-24)16-27(18-25-6-5-12-30-25)17-23(28)19-31-26-14-20(2)13-21(3)15-26/h5-10,12-15,23,28H,4,11,16-19H2,1-3H3. The summed E-state index contributed by atoms with van der Waals surface area (Å²) in [5.41, 5.74) is 3.45. The molecule has 0 saturated heterocycles. The van der Waals surface area contributed by atoms with Crippen LogP contribution in [0.15, 0.2) is 65.3 Å². The summed E-state index contributed by atoms with van der Waals surface area (Å²) in [4.78, 5) is 2.16. The molecule has 1 heterocycles. The Bertz CT molecular complexity index is 885. The molecule has 0 aliphatic carbocycles. The molecular formula is C26H33NO4. The minimum Gasteiger partial charge on any atom is -0.494 e. The van der Waals surface area contributed by atoms with Crippen molar-refractivity contribution in [2.45, 2.75) is 46.4 Å². The van der Waals surface area contributed by atoms with E-state index in [1.807, 2.05) is 50.2 Å². The van der Waals surface area contributed by atoms with Gasteiger partial charge in [-0.1, -0.05) is 25.1 Å². The van der Waals surface area contributed by atoms with Crippen LogP contribution in [-0.2, 0) is 13.1 Å². The quantitative estimate of drug-likeness (QED) is 0.438. The fraction of sp³-hybridized carbons (Fsp3) is 0.385. The average molecular weight is 424 g/mol. The molecule has 166 valence electrons. The molecule has 3 aromatic rings. The smallest absolute Gasteiger partial charge is 0.119 e. The number of rotatable bonds is 12. The topological polar surface area (TPSA) is 55.1 Å². The molecule has 31 heavy (non-hydrogen) atoms. The summed E-state index contributed by atoms with van der Waals surface area (Å²) < 4.78 is 17.1. The zero-order valence-electron chi connectivity index (χ0n) is 18.7. The van der Waals surface area contributed by atoms with Crippen molar-refractivity contribution in [1.82, 2.24) is 4.90 Å². The third kappa shape index (κ3) is 7.78. The molecule has 0 amide bonds. The third-order valence-corrected chi connectivity index (χ3v) is 4.87. The van der Waals surface area contributed by atoms with E-state index >= 15 is 0 Å². The first-order valence-electron chi connectivity index (χ1n) is 10.9. The number of ether oxygens (including phenoxy) is 2. The lowest BCUT2D eigenvalue weighted by Crippen LogP contribution is -2.35. The minimum atomic E-state index is -0.622. The first-order valence-corrected chi connectivity index (χ1v) is 10.9. The van der Waals surface area contributed by atoms with Crippen molar-refractivity contribution in [1.29, 1.82) is 0 Å². The second-order valence-electron chi connectivity index (χ2n) is 8.03. The Kier molecular flexibility index (Phi) is 8.56. The predicted octanol–water partition coefficient (Wildman–Crippen LogP) is 5.13. The summed E-state index contributed by atoms with van der Waals surface area (Å²) in [5, 5.41) is 10.7. The molecule has 1 unspecified atom stereocenters. The lowest BCUT2D eigenvalue weighted by atomic mass is 10.1. The number of aryl methyl sites for hydroxylation is 2. The fourth-order valence-corrected chi connectivity index (χ4v) is 3.54. The molecule has 1 aromatic heterocycles. The average Bonchev–Trinajstić information content (AvgIpc) is 3.24. The lowest BCUT2D eigenvalue weighted by molar-refractivity contribution is 0.0604. The van der Waals surface area contributed by atoms with Gasteiger partial charge in [-0.15, -0.1) is 0 Å². The summed E-state index contributed by atoms with van der Waals surface area (Å²) in [6.45, 7) is 8.91. The monoisotopic (exact) mass is 423 g/mol. The molecule has 5 nitrogen and oxygen atoms in total. The first kappa shape index (κ1) is 22.9. The van der Waals surface area contributed by atoms with Crippen LogP contribution in [0.1, 0.15) is 35.8 Å². The SMILES string of the molecule is CCCOc1ccc(CN(Cc2ccco2)CC(O)COc2cc(C)cc(C)c2)cc1. The molecule has 0 radical (unpaired) electrons. The van der Waals surface area contributed by atoms with Gasteiger partial charge in [0.15, 0.2) is 0 Å². The van der Waals surface area contributed by atoms with Crippen LogP contribution in [-0.4, -0.2) is 35.9 Å². The van der Waals surface area contributed by atoms with Crippen LogP contribution in [0.2, 0.25) is 0 Å². The molecular weight excluding hydrogens is 390 g/mol. The van der Waals surface area contributed by atoms with Crippen molar-refractivity contribution in [2.24, 2.45) is 0 Å². The number of aliphatic hydroxyl groups is 1. The van der Waals surface area contributed by atoms with E-state index in [9.17, 15) is 5.11 Å². The van der Waals surface area contributed by atoms with Gasteiger partial charge in [-0.2, -0.15) is 0 Å². The van der Waals surface area contributed by atoms with Gasteiger partial charge in [0.1, 0.15) is 30.0 Å². The largest absolute Gasteiger partial charge is 0.494 e. The van der Waals surface area contributed by atoms with Crippen molar-refractivity contribution in [3.05, 3.63) is 83.3 Å². The van der Waals surface area contributed by atoms with Crippen molar-refractivity contribution in [3.8, 4) is 11.5 Å². The van der Waals surface area contributed by atoms with Crippen molar-refractivity contribution in [2.75, 3.05) is 19.8 Å². The molecule has 0 aliphatic rings. The maximum Gasteiger partial charge on any atom is 0.119 e. The Morgan fingerprint density at radius 2 is 1.68 bits per heavy atom. The molecule has 3 rings (SSSR count). The normalized spacial score (nSPS) is 12.2. The van der Waals surface area contributed by atoms with E-state index in [2.05, 4.69) is 30.0 Å². The van der Waals surface area contributed by atoms with E-state index in [0.29, 0.717) is 19.6 Å². The van der Waals surface area contributed by atoms with E-state index in [0.717, 1.165) is 47.0 Å². The van der Waals surface area contributed by atoms with Gasteiger partial charge in [0.05, 0.1) is 19.4 Å². The Hall–Kier alpha value is -2.76. The van der Waals surface area contributed by atoms with Gasteiger partial charge in [-0.3, -0.25) is 4.90 Å². The molecule has 0 fully saturated rings. The van der Waals surface area contributed by atoms with Gasteiger partial charge in [-0.25, -0.2) is 0 Å². The molecule has 0 aliphatic heterocycles. The highest BCUT2D eigenvalue weighted by Crippen LogP contribution is 2.18. The molecule has 0 bridgehead atoms. The van der Waals surface area contributed by atoms with E-state index in [1.165, 1.54) is 0 Å². The lowest BCUT2D eigenvalue weighted by Gasteiger charge is -2.24. The van der Waals surface area contributed by atoms with E-state index in [-0.39, 0.29) is 6.61 Å². The van der Waals surface area contributed by atoms with Gasteiger partial charge in [0.2, 0.25) is 0 Å². The number of hydrogen-bond acceptors (Lipinski definition) is 5. The summed E-state index contributed by atoms with van der Waals surface area (Å²) in [6.07, 6.45) is 2.04. The maximum absolute atomic E-state index is 10.7. The molecule has 0 saturated carbocycles. The van der Waals surface area contributed by atoms with Crippen LogP contribution >= 0.6 is 0 Å². The fourth-order valence-electron chi connectivity index (χ4n) is 3.54. The van der Waals surface area contributed by atoms with Gasteiger partial charge in [0, 0.05) is 13.1 Å². The van der Waals surface area contributed by atoms with Crippen molar-refractivity contribution in [3.63, 3.8) is 0 Å². The molecule has 1 atom stereocenters. The third-order valence-electron chi connectivity index (χ3n) is 4.87. The number of benzene rings is 2. The van der Waals surface area contributed by atoms with E-state index in [1.54, 1.807) is 6.26 Å². The highest BCUT2D eigenvalue weighted by Gasteiger charge is 2.15. The highest BCUT2D eigenvalue weighted by molar-refractivity contribution is 5.33. The van der Waals surface area contributed by atoms with Crippen molar-refractivity contribution >= 4 is 0 Å². The maximum atomic E-state index is 10.7. The van der Waals surface area contributed by atoms with E-state index < -0.39 is 6.10 Å². The molecule has 5 heteroatoms. The summed E-state index contributed by atoms with van der Waals surface area (Å²) in [7, 11) is 0. The zero-order valence-corrected chi connectivity index (χ0v) is 18.7. The summed E-state index contributed by atoms with van der Waals surface area (Å²) in [5.74, 6) is 2.53. The van der Waals surface area contributed by atoms with Gasteiger partial charge >= 0.3 is 0 Å². The van der Waals surface area contributed by atoms with Crippen LogP contribution in [0.4, 0.5) is 0 Å². The van der Waals surface area contributed by atoms with Crippen LogP contribution < -0.4 is 9.47 Å². The predicted molar refractivity (Wildman–Crippen MR) is 122 cm³/mol. The van der Waals surface area contributed by atoms with Gasteiger partial charge in [-0.05, 0) is 73.4 Å². The van der Waals surface area contributed by atoms with Crippen LogP contribution in [0, 0.1) is 13.8 Å². The highest BCUT2D eigenvalue weighted by atomic mass is 16.5. The zero-order chi connectivity index (χ0) is 22.1. The van der Waals surface area contributed by atoms with Gasteiger partial charge in [0.25, 0.3) is 0 Å². The second-order valence-corrected chi connectivity index (χ2v) is 8.03. The first-order chi connectivity index (χ1) is 15.0. The molecule has 0 spiro atoms. The Balaban J connectivity index is 1.59. The summed E-state index contributed by atoms with van der Waals surface area (Å²) >= 11 is 0. The van der Waals surface area contributed by atoms with Crippen molar-refractivity contribution < 1.29 is 19.0 Å².